The lowest BCUT2D eigenvalue weighted by Gasteiger charge is -2.36. The summed E-state index contributed by atoms with van der Waals surface area (Å²) in [5, 5.41) is 0. The molecule has 24 heavy (non-hydrogen) atoms. The summed E-state index contributed by atoms with van der Waals surface area (Å²) in [6, 6.07) is 7.11. The van der Waals surface area contributed by atoms with Gasteiger partial charge in [-0.05, 0) is 50.8 Å². The predicted octanol–water partition coefficient (Wildman–Crippen LogP) is 4.97. The van der Waals surface area contributed by atoms with Gasteiger partial charge in [0, 0.05) is 0 Å². The molecule has 1 unspecified atom stereocenters. The molecule has 0 saturated heterocycles. The number of ether oxygens (including phenoxy) is 1. The van der Waals surface area contributed by atoms with Crippen molar-refractivity contribution in [3.63, 3.8) is 0 Å². The third-order valence-electron chi connectivity index (χ3n) is 4.64. The Labute approximate surface area is 146 Å². The summed E-state index contributed by atoms with van der Waals surface area (Å²) in [6.45, 7) is 8.44. The van der Waals surface area contributed by atoms with Crippen molar-refractivity contribution in [2.45, 2.75) is 62.0 Å². The summed E-state index contributed by atoms with van der Waals surface area (Å²) in [5.41, 5.74) is 1.05. The number of unbranched alkanes of at least 4 members (excludes halogenated alkanes) is 1. The van der Waals surface area contributed by atoms with Crippen LogP contribution in [0.1, 0.15) is 51.0 Å². The first-order valence-electron chi connectivity index (χ1n) is 8.73. The van der Waals surface area contributed by atoms with Gasteiger partial charge in [-0.25, -0.2) is 8.42 Å². The Hall–Kier alpha value is -1.55. The Bertz CT molecular complexity index is 686. The van der Waals surface area contributed by atoms with E-state index in [-0.39, 0.29) is 0 Å². The quantitative estimate of drug-likeness (QED) is 0.623. The molecule has 0 fully saturated rings. The van der Waals surface area contributed by atoms with Gasteiger partial charge < -0.3 is 4.74 Å². The number of benzene rings is 1. The van der Waals surface area contributed by atoms with Gasteiger partial charge in [-0.15, -0.1) is 6.58 Å². The largest absolute Gasteiger partial charge is 0.497 e. The van der Waals surface area contributed by atoms with Crippen LogP contribution in [0.2, 0.25) is 0 Å². The Morgan fingerprint density at radius 1 is 1.29 bits per heavy atom. The van der Waals surface area contributed by atoms with Gasteiger partial charge in [0.25, 0.3) is 0 Å². The monoisotopic (exact) mass is 348 g/mol. The van der Waals surface area contributed by atoms with Gasteiger partial charge in [0.2, 0.25) is 0 Å². The molecule has 1 aliphatic heterocycles. The van der Waals surface area contributed by atoms with Gasteiger partial charge in [-0.1, -0.05) is 43.5 Å². The van der Waals surface area contributed by atoms with Crippen molar-refractivity contribution in [3.05, 3.63) is 54.3 Å². The molecule has 1 atom stereocenters. The van der Waals surface area contributed by atoms with Crippen LogP contribution < -0.4 is 0 Å². The van der Waals surface area contributed by atoms with Crippen molar-refractivity contribution in [2.75, 3.05) is 6.61 Å². The van der Waals surface area contributed by atoms with E-state index in [1.165, 1.54) is 0 Å². The third-order valence-corrected chi connectivity index (χ3v) is 7.13. The van der Waals surface area contributed by atoms with Gasteiger partial charge in [0.1, 0.15) is 10.5 Å². The first-order chi connectivity index (χ1) is 11.5. The lowest BCUT2D eigenvalue weighted by molar-refractivity contribution is 0.162. The van der Waals surface area contributed by atoms with E-state index in [4.69, 9.17) is 4.74 Å². The summed E-state index contributed by atoms with van der Waals surface area (Å²) >= 11 is 0. The van der Waals surface area contributed by atoms with E-state index in [9.17, 15) is 8.42 Å². The molecule has 1 heterocycles. The number of hydrogen-bond donors (Lipinski definition) is 0. The normalized spacial score (nSPS) is 17.5. The minimum Gasteiger partial charge on any atom is -0.497 e. The fourth-order valence-electron chi connectivity index (χ4n) is 3.22. The van der Waals surface area contributed by atoms with E-state index in [1.807, 2.05) is 25.1 Å². The maximum atomic E-state index is 13.6. The summed E-state index contributed by atoms with van der Waals surface area (Å²) < 4.78 is 32.0. The predicted molar refractivity (Wildman–Crippen MR) is 98.7 cm³/mol. The topological polar surface area (TPSA) is 43.4 Å². The molecule has 0 radical (unpaired) electrons. The highest BCUT2D eigenvalue weighted by Gasteiger charge is 2.48. The summed E-state index contributed by atoms with van der Waals surface area (Å²) in [5.74, 6) is 0.614. The minimum absolute atomic E-state index is 0.362. The summed E-state index contributed by atoms with van der Waals surface area (Å²) in [7, 11) is -3.58. The van der Waals surface area contributed by atoms with Gasteiger partial charge in [-0.2, -0.15) is 0 Å². The lowest BCUT2D eigenvalue weighted by atomic mass is 9.93. The van der Waals surface area contributed by atoms with E-state index in [2.05, 4.69) is 13.5 Å². The van der Waals surface area contributed by atoms with Crippen LogP contribution in [0.3, 0.4) is 0 Å². The molecule has 0 aliphatic carbocycles. The van der Waals surface area contributed by atoms with Crippen molar-refractivity contribution in [1.29, 1.82) is 0 Å². The number of sulfone groups is 1. The van der Waals surface area contributed by atoms with E-state index in [0.29, 0.717) is 30.1 Å². The van der Waals surface area contributed by atoms with Crippen molar-refractivity contribution >= 4 is 9.84 Å². The second-order valence-corrected chi connectivity index (χ2v) is 8.73. The Kier molecular flexibility index (Phi) is 6.27. The third kappa shape index (κ3) is 3.59. The van der Waals surface area contributed by atoms with E-state index >= 15 is 0 Å². The van der Waals surface area contributed by atoms with E-state index in [1.54, 1.807) is 18.2 Å². The summed E-state index contributed by atoms with van der Waals surface area (Å²) in [4.78, 5) is 0.362. The Morgan fingerprint density at radius 2 is 2.00 bits per heavy atom. The molecule has 2 rings (SSSR count). The molecule has 0 amide bonds. The Morgan fingerprint density at radius 3 is 2.54 bits per heavy atom. The highest BCUT2D eigenvalue weighted by atomic mass is 32.2. The van der Waals surface area contributed by atoms with Crippen molar-refractivity contribution < 1.29 is 13.2 Å². The number of allylic oxidation sites excluding steroid dienone is 2. The van der Waals surface area contributed by atoms with E-state index < -0.39 is 14.6 Å². The maximum absolute atomic E-state index is 13.6. The van der Waals surface area contributed by atoms with Gasteiger partial charge >= 0.3 is 0 Å². The summed E-state index contributed by atoms with van der Waals surface area (Å²) in [6.07, 6.45) is 8.17. The number of rotatable bonds is 8. The van der Waals surface area contributed by atoms with Crippen LogP contribution in [0.5, 0.6) is 0 Å². The van der Waals surface area contributed by atoms with Crippen molar-refractivity contribution in [3.8, 4) is 0 Å². The van der Waals surface area contributed by atoms with Crippen LogP contribution in [-0.4, -0.2) is 19.8 Å². The molecule has 0 bridgehead atoms. The van der Waals surface area contributed by atoms with Crippen LogP contribution in [0, 0.1) is 6.92 Å². The average molecular weight is 349 g/mol. The first kappa shape index (κ1) is 18.8. The molecule has 0 N–H and O–H groups in total. The van der Waals surface area contributed by atoms with Crippen molar-refractivity contribution in [1.82, 2.24) is 0 Å². The maximum Gasteiger partial charge on any atom is 0.191 e. The number of aryl methyl sites for hydroxylation is 1. The lowest BCUT2D eigenvalue weighted by Crippen LogP contribution is -2.42. The first-order valence-corrected chi connectivity index (χ1v) is 10.2. The molecule has 0 spiro atoms. The highest BCUT2D eigenvalue weighted by Crippen LogP contribution is 2.42. The van der Waals surface area contributed by atoms with E-state index in [0.717, 1.165) is 31.2 Å². The molecule has 0 aromatic heterocycles. The zero-order valence-electron chi connectivity index (χ0n) is 14.8. The standard InChI is InChI=1S/C20H28O3S/c1-4-6-15-20(14-5-2,19-9-7-8-16-23-19)24(21,22)18-12-10-17(3)11-13-18/h5,9-13H,2,4,6-8,14-16H2,1,3H3. The van der Waals surface area contributed by atoms with Gasteiger partial charge in [0.15, 0.2) is 9.84 Å². The minimum atomic E-state index is -3.58. The molecule has 4 heteroatoms. The van der Waals surface area contributed by atoms with Crippen LogP contribution in [0.15, 0.2) is 53.7 Å². The molecular weight excluding hydrogens is 320 g/mol. The molecule has 132 valence electrons. The molecule has 1 aromatic carbocycles. The van der Waals surface area contributed by atoms with Crippen LogP contribution >= 0.6 is 0 Å². The fourth-order valence-corrected chi connectivity index (χ4v) is 5.32. The molecular formula is C20H28O3S. The smallest absolute Gasteiger partial charge is 0.191 e. The SMILES string of the molecule is C=CCC(CCCC)(C1=CCCCO1)S(=O)(=O)c1ccc(C)cc1. The highest BCUT2D eigenvalue weighted by molar-refractivity contribution is 7.93. The molecule has 0 saturated carbocycles. The fraction of sp³-hybridized carbons (Fsp3) is 0.500. The molecule has 1 aromatic rings. The average Bonchev–Trinajstić information content (AvgIpc) is 2.59. The Balaban J connectivity index is 2.59. The van der Waals surface area contributed by atoms with Gasteiger partial charge in [0.05, 0.1) is 11.5 Å². The van der Waals surface area contributed by atoms with Crippen LogP contribution in [0.4, 0.5) is 0 Å². The zero-order valence-corrected chi connectivity index (χ0v) is 15.6. The molecule has 3 nitrogen and oxygen atoms in total. The van der Waals surface area contributed by atoms with Crippen LogP contribution in [0.25, 0.3) is 0 Å². The van der Waals surface area contributed by atoms with Gasteiger partial charge in [-0.3, -0.25) is 0 Å². The van der Waals surface area contributed by atoms with Crippen LogP contribution in [-0.2, 0) is 14.6 Å². The second-order valence-electron chi connectivity index (χ2n) is 6.47. The van der Waals surface area contributed by atoms with Crippen molar-refractivity contribution in [2.24, 2.45) is 0 Å². The number of hydrogen-bond acceptors (Lipinski definition) is 3. The zero-order chi connectivity index (χ0) is 17.6. The second kappa shape index (κ2) is 8.02. The molecule has 1 aliphatic rings.